The van der Waals surface area contributed by atoms with E-state index in [1.54, 1.807) is 20.8 Å². The molecule has 6 nitrogen and oxygen atoms in total. The molecular formula is C23H30ClFO6. The Morgan fingerprint density at radius 2 is 2.00 bits per heavy atom. The quantitative estimate of drug-likeness (QED) is 0.563. The molecule has 1 unspecified atom stereocenters. The van der Waals surface area contributed by atoms with Crippen LogP contribution in [0.1, 0.15) is 46.5 Å². The standard InChI is InChI=1S/C23H30ClFO6/c1-11-7-14-13-6-5-12-8-16(26)15(24)9-20(12,2)22(13,25)17(27)10-21(14,3)23(11,30)18(28)19(29)31-4/h8-9,11,13-14,17,19,27,29-30H,5-7,10H2,1-4H3/t11-,13+,14+,17+,19?,20+,21+,22+,23+/m1/s1. The molecular weight excluding hydrogens is 427 g/mol. The highest BCUT2D eigenvalue weighted by molar-refractivity contribution is 6.44. The fourth-order valence-electron chi connectivity index (χ4n) is 7.42. The number of Topliss-reactive ketones (excluding diaryl/α,β-unsaturated/α-hetero) is 1. The number of rotatable bonds is 3. The Hall–Kier alpha value is -1.12. The number of ketones is 2. The molecule has 4 rings (SSSR count). The van der Waals surface area contributed by atoms with Gasteiger partial charge in [-0.05, 0) is 56.6 Å². The van der Waals surface area contributed by atoms with Crippen LogP contribution in [0.2, 0.25) is 0 Å². The first-order valence-electron chi connectivity index (χ1n) is 10.8. The summed E-state index contributed by atoms with van der Waals surface area (Å²) in [6.07, 6.45) is 0.519. The third-order valence-electron chi connectivity index (χ3n) is 9.10. The zero-order valence-corrected chi connectivity index (χ0v) is 18.9. The monoisotopic (exact) mass is 456 g/mol. The van der Waals surface area contributed by atoms with Gasteiger partial charge in [-0.25, -0.2) is 4.39 Å². The van der Waals surface area contributed by atoms with Crippen molar-refractivity contribution in [1.82, 2.24) is 0 Å². The second-order valence-corrected chi connectivity index (χ2v) is 10.6. The van der Waals surface area contributed by atoms with Crippen molar-refractivity contribution >= 4 is 23.2 Å². The highest BCUT2D eigenvalue weighted by atomic mass is 35.5. The molecule has 8 heteroatoms. The number of methoxy groups -OCH3 is 1. The van der Waals surface area contributed by atoms with Crippen molar-refractivity contribution < 1.29 is 34.0 Å². The van der Waals surface area contributed by atoms with Crippen LogP contribution in [0, 0.1) is 28.6 Å². The summed E-state index contributed by atoms with van der Waals surface area (Å²) in [5.74, 6) is -2.88. The van der Waals surface area contributed by atoms with E-state index in [0.717, 1.165) is 0 Å². The van der Waals surface area contributed by atoms with Crippen molar-refractivity contribution in [1.29, 1.82) is 0 Å². The van der Waals surface area contributed by atoms with Crippen molar-refractivity contribution in [3.05, 3.63) is 22.8 Å². The molecule has 0 saturated heterocycles. The summed E-state index contributed by atoms with van der Waals surface area (Å²) >= 11 is 6.11. The zero-order valence-electron chi connectivity index (χ0n) is 18.2. The second kappa shape index (κ2) is 6.94. The molecule has 31 heavy (non-hydrogen) atoms. The number of ether oxygens (including phenoxy) is 1. The van der Waals surface area contributed by atoms with Crippen LogP contribution in [0.3, 0.4) is 0 Å². The van der Waals surface area contributed by atoms with Gasteiger partial charge >= 0.3 is 0 Å². The summed E-state index contributed by atoms with van der Waals surface area (Å²) in [6, 6.07) is 0. The van der Waals surface area contributed by atoms with Gasteiger partial charge in [0.1, 0.15) is 5.60 Å². The third-order valence-corrected chi connectivity index (χ3v) is 9.40. The number of halogens is 2. The van der Waals surface area contributed by atoms with Crippen LogP contribution in [0.15, 0.2) is 22.8 Å². The molecule has 4 aliphatic carbocycles. The molecule has 3 N–H and O–H groups in total. The lowest BCUT2D eigenvalue weighted by molar-refractivity contribution is -0.226. The normalized spacial score (nSPS) is 50.0. The molecule has 0 aromatic carbocycles. The largest absolute Gasteiger partial charge is 0.390 e. The Morgan fingerprint density at radius 1 is 1.35 bits per heavy atom. The number of carbonyl (C=O) groups excluding carboxylic acids is 2. The molecule has 0 heterocycles. The number of hydrogen-bond donors (Lipinski definition) is 3. The first-order chi connectivity index (χ1) is 14.3. The van der Waals surface area contributed by atoms with Gasteiger partial charge in [0, 0.05) is 23.9 Å². The van der Waals surface area contributed by atoms with E-state index in [1.165, 1.54) is 19.3 Å². The van der Waals surface area contributed by atoms with Crippen LogP contribution in [-0.2, 0) is 14.3 Å². The van der Waals surface area contributed by atoms with Crippen LogP contribution in [0.25, 0.3) is 0 Å². The third kappa shape index (κ3) is 2.58. The number of allylic oxidation sites excluding steroid dienone is 4. The molecule has 0 aromatic rings. The highest BCUT2D eigenvalue weighted by Gasteiger charge is 2.76. The molecule has 4 aliphatic rings. The topological polar surface area (TPSA) is 104 Å². The molecule has 9 atom stereocenters. The molecule has 0 radical (unpaired) electrons. The Labute approximate surface area is 186 Å². The smallest absolute Gasteiger partial charge is 0.220 e. The van der Waals surface area contributed by atoms with Crippen molar-refractivity contribution in [2.45, 2.75) is 70.1 Å². The lowest BCUT2D eigenvalue weighted by atomic mass is 9.44. The predicted octanol–water partition coefficient (Wildman–Crippen LogP) is 2.43. The van der Waals surface area contributed by atoms with E-state index in [1.807, 2.05) is 0 Å². The lowest BCUT2D eigenvalue weighted by Crippen LogP contribution is -2.70. The average molecular weight is 457 g/mol. The molecule has 0 amide bonds. The Morgan fingerprint density at radius 3 is 2.61 bits per heavy atom. The van der Waals surface area contributed by atoms with E-state index in [9.17, 15) is 24.9 Å². The van der Waals surface area contributed by atoms with Gasteiger partial charge in [-0.15, -0.1) is 0 Å². The minimum absolute atomic E-state index is 0.0702. The van der Waals surface area contributed by atoms with Crippen LogP contribution in [0.4, 0.5) is 4.39 Å². The number of carbonyl (C=O) groups is 2. The van der Waals surface area contributed by atoms with E-state index < -0.39 is 58.0 Å². The number of hydrogen-bond acceptors (Lipinski definition) is 6. The number of aliphatic hydroxyl groups is 3. The van der Waals surface area contributed by atoms with Crippen molar-refractivity contribution in [3.63, 3.8) is 0 Å². The van der Waals surface area contributed by atoms with E-state index in [0.29, 0.717) is 24.8 Å². The van der Waals surface area contributed by atoms with E-state index >= 15 is 4.39 Å². The van der Waals surface area contributed by atoms with Gasteiger partial charge in [-0.1, -0.05) is 31.0 Å². The van der Waals surface area contributed by atoms with Crippen molar-refractivity contribution in [2.24, 2.45) is 28.6 Å². The van der Waals surface area contributed by atoms with Crippen molar-refractivity contribution in [3.8, 4) is 0 Å². The zero-order chi connectivity index (χ0) is 23.1. The molecule has 0 bridgehead atoms. The van der Waals surface area contributed by atoms with Gasteiger partial charge in [0.05, 0.1) is 11.1 Å². The minimum atomic E-state index is -2.12. The van der Waals surface area contributed by atoms with Crippen molar-refractivity contribution in [2.75, 3.05) is 7.11 Å². The van der Waals surface area contributed by atoms with Gasteiger partial charge in [0.25, 0.3) is 0 Å². The first kappa shape index (κ1) is 23.1. The number of aliphatic hydroxyl groups excluding tert-OH is 2. The molecule has 3 fully saturated rings. The molecule has 172 valence electrons. The van der Waals surface area contributed by atoms with Gasteiger partial charge in [0.15, 0.2) is 11.5 Å². The summed E-state index contributed by atoms with van der Waals surface area (Å²) in [4.78, 5) is 25.1. The summed E-state index contributed by atoms with van der Waals surface area (Å²) in [7, 11) is 1.17. The number of fused-ring (bicyclic) bond motifs is 5. The van der Waals surface area contributed by atoms with E-state index in [4.69, 9.17) is 16.3 Å². The maximum atomic E-state index is 17.1. The summed E-state index contributed by atoms with van der Waals surface area (Å²) < 4.78 is 21.9. The van der Waals surface area contributed by atoms with Gasteiger partial charge < -0.3 is 20.1 Å². The summed E-state index contributed by atoms with van der Waals surface area (Å²) in [5.41, 5.74) is -5.89. The van der Waals surface area contributed by atoms with Gasteiger partial charge in [-0.2, -0.15) is 0 Å². The fourth-order valence-corrected chi connectivity index (χ4v) is 7.69. The maximum Gasteiger partial charge on any atom is 0.220 e. The van der Waals surface area contributed by atoms with Gasteiger partial charge in [-0.3, -0.25) is 9.59 Å². The Balaban J connectivity index is 1.83. The average Bonchev–Trinajstić information content (AvgIpc) is 2.91. The highest BCUT2D eigenvalue weighted by Crippen LogP contribution is 2.71. The lowest BCUT2D eigenvalue weighted by Gasteiger charge is -2.62. The SMILES string of the molecule is COC(O)C(=O)[C@@]1(O)[C@H](C)C[C@H]2[C@@H]3CCC4=CC(=O)C(Cl)=C[C@]4(C)[C@@]3(F)[C@@H](O)C[C@@]21C. The maximum absolute atomic E-state index is 17.1. The Bertz CT molecular complexity index is 902. The van der Waals surface area contributed by atoms with E-state index in [-0.39, 0.29) is 17.2 Å². The van der Waals surface area contributed by atoms with Gasteiger partial charge in [0.2, 0.25) is 12.1 Å². The fraction of sp³-hybridized carbons (Fsp3) is 0.739. The predicted molar refractivity (Wildman–Crippen MR) is 111 cm³/mol. The molecule has 0 aliphatic heterocycles. The van der Waals surface area contributed by atoms with Crippen LogP contribution in [0.5, 0.6) is 0 Å². The summed E-state index contributed by atoms with van der Waals surface area (Å²) in [6.45, 7) is 5.07. The van der Waals surface area contributed by atoms with Crippen LogP contribution in [-0.4, -0.2) is 57.7 Å². The molecule has 0 spiro atoms. The summed E-state index contributed by atoms with van der Waals surface area (Å²) in [5, 5.41) is 32.9. The van der Waals surface area contributed by atoms with Crippen LogP contribution >= 0.6 is 11.6 Å². The van der Waals surface area contributed by atoms with Crippen LogP contribution < -0.4 is 0 Å². The molecule has 0 aromatic heterocycles. The van der Waals surface area contributed by atoms with E-state index in [2.05, 4.69) is 0 Å². The first-order valence-corrected chi connectivity index (χ1v) is 11.1. The number of alkyl halides is 1. The Kier molecular flexibility index (Phi) is 5.16. The second-order valence-electron chi connectivity index (χ2n) is 10.2. The molecule has 3 saturated carbocycles. The minimum Gasteiger partial charge on any atom is -0.390 e.